The lowest BCUT2D eigenvalue weighted by molar-refractivity contribution is -0.384. The summed E-state index contributed by atoms with van der Waals surface area (Å²) in [5, 5.41) is 14.0. The van der Waals surface area contributed by atoms with Crippen molar-refractivity contribution in [2.45, 2.75) is 12.8 Å². The van der Waals surface area contributed by atoms with Crippen LogP contribution >= 0.6 is 15.9 Å². The smallest absolute Gasteiger partial charge is 0.270 e. The molecule has 19 heavy (non-hydrogen) atoms. The van der Waals surface area contributed by atoms with Gasteiger partial charge >= 0.3 is 0 Å². The molecule has 0 amide bonds. The van der Waals surface area contributed by atoms with Crippen molar-refractivity contribution in [1.29, 1.82) is 0 Å². The molecule has 1 saturated heterocycles. The van der Waals surface area contributed by atoms with Gasteiger partial charge in [-0.05, 0) is 54.3 Å². The molecular formula is C13H18BrN3O2. The fourth-order valence-corrected chi connectivity index (χ4v) is 2.96. The fourth-order valence-electron chi connectivity index (χ4n) is 2.46. The van der Waals surface area contributed by atoms with Gasteiger partial charge in [0.2, 0.25) is 0 Å². The Hall–Kier alpha value is -1.14. The predicted molar refractivity (Wildman–Crippen MR) is 79.5 cm³/mol. The summed E-state index contributed by atoms with van der Waals surface area (Å²) in [4.78, 5) is 12.6. The van der Waals surface area contributed by atoms with Crippen molar-refractivity contribution in [3.05, 3.63) is 32.8 Å². The molecule has 6 heteroatoms. The lowest BCUT2D eigenvalue weighted by atomic mass is 9.98. The number of halogens is 1. The molecule has 0 saturated carbocycles. The van der Waals surface area contributed by atoms with E-state index in [9.17, 15) is 10.1 Å². The van der Waals surface area contributed by atoms with Crippen LogP contribution in [0.2, 0.25) is 0 Å². The van der Waals surface area contributed by atoms with Gasteiger partial charge in [0.15, 0.2) is 0 Å². The van der Waals surface area contributed by atoms with E-state index in [1.165, 1.54) is 31.5 Å². The first-order valence-electron chi connectivity index (χ1n) is 6.42. The van der Waals surface area contributed by atoms with Gasteiger partial charge in [-0.15, -0.1) is 0 Å². The molecule has 0 aromatic heterocycles. The summed E-state index contributed by atoms with van der Waals surface area (Å²) in [6.07, 6.45) is 2.48. The average Bonchev–Trinajstić information content (AvgIpc) is 2.37. The Morgan fingerprint density at radius 1 is 1.58 bits per heavy atom. The van der Waals surface area contributed by atoms with Crippen LogP contribution in [0.15, 0.2) is 22.7 Å². The summed E-state index contributed by atoms with van der Waals surface area (Å²) in [5.74, 6) is 0.640. The minimum Gasteiger partial charge on any atom is -0.384 e. The van der Waals surface area contributed by atoms with Crippen molar-refractivity contribution in [1.82, 2.24) is 4.90 Å². The highest BCUT2D eigenvalue weighted by Gasteiger charge is 2.17. The maximum absolute atomic E-state index is 10.7. The summed E-state index contributed by atoms with van der Waals surface area (Å²) in [5.41, 5.74) is 1.02. The van der Waals surface area contributed by atoms with Crippen LogP contribution in [0, 0.1) is 16.0 Å². The van der Waals surface area contributed by atoms with Gasteiger partial charge in [-0.2, -0.15) is 0 Å². The number of benzene rings is 1. The summed E-state index contributed by atoms with van der Waals surface area (Å²) in [6.45, 7) is 3.19. The summed E-state index contributed by atoms with van der Waals surface area (Å²) >= 11 is 3.37. The lowest BCUT2D eigenvalue weighted by Gasteiger charge is -2.30. The van der Waals surface area contributed by atoms with E-state index in [4.69, 9.17) is 0 Å². The number of non-ortho nitro benzene ring substituents is 1. The van der Waals surface area contributed by atoms with E-state index >= 15 is 0 Å². The number of hydrogen-bond acceptors (Lipinski definition) is 4. The molecule has 1 aliphatic heterocycles. The van der Waals surface area contributed by atoms with Gasteiger partial charge in [0.1, 0.15) is 0 Å². The molecule has 0 spiro atoms. The minimum absolute atomic E-state index is 0.106. The standard InChI is InChI=1S/C13H18BrN3O2/c1-16-6-2-3-10(9-16)8-15-13-5-4-11(17(18)19)7-12(13)14/h4-5,7,10,15H,2-3,6,8-9H2,1H3. The summed E-state index contributed by atoms with van der Waals surface area (Å²) in [6, 6.07) is 4.82. The maximum Gasteiger partial charge on any atom is 0.270 e. The van der Waals surface area contributed by atoms with Gasteiger partial charge in [-0.1, -0.05) is 0 Å². The number of nitrogens with zero attached hydrogens (tertiary/aromatic N) is 2. The van der Waals surface area contributed by atoms with E-state index < -0.39 is 0 Å². The van der Waals surface area contributed by atoms with E-state index in [0.29, 0.717) is 5.92 Å². The third-order valence-corrected chi connectivity index (χ3v) is 4.12. The molecular weight excluding hydrogens is 310 g/mol. The lowest BCUT2D eigenvalue weighted by Crippen LogP contribution is -2.35. The number of piperidine rings is 1. The largest absolute Gasteiger partial charge is 0.384 e. The third-order valence-electron chi connectivity index (χ3n) is 3.47. The van der Waals surface area contributed by atoms with Crippen LogP contribution in [-0.4, -0.2) is 36.5 Å². The number of nitro benzene ring substituents is 1. The predicted octanol–water partition coefficient (Wildman–Crippen LogP) is 3.11. The normalized spacial score (nSPS) is 20.2. The zero-order valence-corrected chi connectivity index (χ0v) is 12.5. The third kappa shape index (κ3) is 3.91. The van der Waals surface area contributed by atoms with Crippen molar-refractivity contribution in [2.75, 3.05) is 32.0 Å². The zero-order valence-electron chi connectivity index (χ0n) is 10.9. The molecule has 1 N–H and O–H groups in total. The average molecular weight is 328 g/mol. The zero-order chi connectivity index (χ0) is 13.8. The number of nitrogens with one attached hydrogen (secondary N) is 1. The molecule has 1 fully saturated rings. The van der Waals surface area contributed by atoms with Gasteiger partial charge in [-0.3, -0.25) is 10.1 Å². The van der Waals surface area contributed by atoms with Gasteiger partial charge < -0.3 is 10.2 Å². The van der Waals surface area contributed by atoms with Crippen molar-refractivity contribution < 1.29 is 4.92 Å². The van der Waals surface area contributed by atoms with Gasteiger partial charge in [0.05, 0.1) is 4.92 Å². The van der Waals surface area contributed by atoms with Crippen molar-refractivity contribution in [3.8, 4) is 0 Å². The molecule has 1 atom stereocenters. The van der Waals surface area contributed by atoms with E-state index in [1.54, 1.807) is 6.07 Å². The molecule has 1 aliphatic rings. The Balaban J connectivity index is 1.94. The Morgan fingerprint density at radius 2 is 2.37 bits per heavy atom. The maximum atomic E-state index is 10.7. The SMILES string of the molecule is CN1CCCC(CNc2ccc([N+](=O)[O-])cc2Br)C1. The minimum atomic E-state index is -0.384. The van der Waals surface area contributed by atoms with Crippen LogP contribution in [0.4, 0.5) is 11.4 Å². The molecule has 0 bridgehead atoms. The molecule has 1 aromatic rings. The highest BCUT2D eigenvalue weighted by atomic mass is 79.9. The first-order chi connectivity index (χ1) is 9.06. The van der Waals surface area contributed by atoms with Crippen molar-refractivity contribution in [3.63, 3.8) is 0 Å². The number of anilines is 1. The van der Waals surface area contributed by atoms with Gasteiger partial charge in [0, 0.05) is 35.4 Å². The Kier molecular flexibility index (Phi) is 4.76. The molecule has 1 unspecified atom stereocenters. The van der Waals surface area contributed by atoms with Crippen LogP contribution in [-0.2, 0) is 0 Å². The molecule has 104 valence electrons. The van der Waals surface area contributed by atoms with E-state index in [2.05, 4.69) is 33.2 Å². The molecule has 5 nitrogen and oxygen atoms in total. The van der Waals surface area contributed by atoms with Crippen LogP contribution in [0.5, 0.6) is 0 Å². The second-order valence-corrected chi connectivity index (χ2v) is 5.93. The monoisotopic (exact) mass is 327 g/mol. The summed E-state index contributed by atoms with van der Waals surface area (Å²) < 4.78 is 0.742. The van der Waals surface area contributed by atoms with Gasteiger partial charge in [-0.25, -0.2) is 0 Å². The first-order valence-corrected chi connectivity index (χ1v) is 7.22. The number of nitro groups is 1. The second-order valence-electron chi connectivity index (χ2n) is 5.07. The van der Waals surface area contributed by atoms with Crippen LogP contribution in [0.1, 0.15) is 12.8 Å². The van der Waals surface area contributed by atoms with E-state index in [-0.39, 0.29) is 10.6 Å². The first kappa shape index (κ1) is 14.3. The molecule has 0 radical (unpaired) electrons. The van der Waals surface area contributed by atoms with Crippen LogP contribution < -0.4 is 5.32 Å². The fraction of sp³-hybridized carbons (Fsp3) is 0.538. The quantitative estimate of drug-likeness (QED) is 0.681. The Labute approximate surface area is 121 Å². The molecule has 0 aliphatic carbocycles. The summed E-state index contributed by atoms with van der Waals surface area (Å²) in [7, 11) is 2.15. The number of likely N-dealkylation sites (tertiary alicyclic amines) is 1. The van der Waals surface area contributed by atoms with Crippen LogP contribution in [0.3, 0.4) is 0 Å². The number of hydrogen-bond donors (Lipinski definition) is 1. The molecule has 1 aromatic carbocycles. The molecule has 1 heterocycles. The Morgan fingerprint density at radius 3 is 3.00 bits per heavy atom. The number of rotatable bonds is 4. The van der Waals surface area contributed by atoms with Gasteiger partial charge in [0.25, 0.3) is 5.69 Å². The molecule has 2 rings (SSSR count). The van der Waals surface area contributed by atoms with E-state index in [1.807, 2.05) is 0 Å². The van der Waals surface area contributed by atoms with E-state index in [0.717, 1.165) is 23.2 Å². The second kappa shape index (κ2) is 6.34. The van der Waals surface area contributed by atoms with Crippen molar-refractivity contribution in [2.24, 2.45) is 5.92 Å². The highest BCUT2D eigenvalue weighted by molar-refractivity contribution is 9.10. The Bertz CT molecular complexity index is 467. The highest BCUT2D eigenvalue weighted by Crippen LogP contribution is 2.27. The van der Waals surface area contributed by atoms with Crippen LogP contribution in [0.25, 0.3) is 0 Å². The van der Waals surface area contributed by atoms with Crippen molar-refractivity contribution >= 4 is 27.3 Å². The topological polar surface area (TPSA) is 58.4 Å².